The summed E-state index contributed by atoms with van der Waals surface area (Å²) < 4.78 is 37.0. The van der Waals surface area contributed by atoms with Crippen molar-refractivity contribution in [3.05, 3.63) is 0 Å². The summed E-state index contributed by atoms with van der Waals surface area (Å²) >= 11 is 0. The lowest BCUT2D eigenvalue weighted by Gasteiger charge is -2.37. The molecule has 2 aliphatic heterocycles. The molecule has 1 amide bonds. The van der Waals surface area contributed by atoms with Crippen LogP contribution in [0.2, 0.25) is 0 Å². The van der Waals surface area contributed by atoms with Gasteiger partial charge in [0.15, 0.2) is 0 Å². The summed E-state index contributed by atoms with van der Waals surface area (Å²) in [7, 11) is 0. The number of piperidine rings is 1. The maximum Gasteiger partial charge on any atom is 0.471 e. The predicted molar refractivity (Wildman–Crippen MR) is 56.5 cm³/mol. The third-order valence-corrected chi connectivity index (χ3v) is 3.58. The van der Waals surface area contributed by atoms with Gasteiger partial charge in [0, 0.05) is 19.1 Å². The van der Waals surface area contributed by atoms with Crippen molar-refractivity contribution in [3.63, 3.8) is 0 Å². The molecule has 0 aromatic rings. The van der Waals surface area contributed by atoms with Crippen LogP contribution in [-0.2, 0) is 4.79 Å². The van der Waals surface area contributed by atoms with E-state index >= 15 is 0 Å². The number of carbonyl (C=O) groups is 1. The summed E-state index contributed by atoms with van der Waals surface area (Å²) in [6, 6.07) is 0.123. The van der Waals surface area contributed by atoms with Crippen LogP contribution in [0.3, 0.4) is 0 Å². The fraction of sp³-hybridized carbons (Fsp3) is 0.909. The molecule has 0 saturated carbocycles. The zero-order chi connectivity index (χ0) is 12.5. The Bertz CT molecular complexity index is 287. The minimum Gasteiger partial charge on any atom is -0.333 e. The first-order chi connectivity index (χ1) is 7.98. The van der Waals surface area contributed by atoms with Gasteiger partial charge in [-0.25, -0.2) is 0 Å². The van der Waals surface area contributed by atoms with Crippen molar-refractivity contribution in [2.24, 2.45) is 0 Å². The molecule has 0 radical (unpaired) electrons. The number of nitrogens with zero attached hydrogens (tertiary/aromatic N) is 2. The first kappa shape index (κ1) is 12.7. The SMILES string of the molecule is O=C(N1CCCC(N2CCCC2)C1)C(F)(F)F. The molecule has 0 bridgehead atoms. The third kappa shape index (κ3) is 2.91. The van der Waals surface area contributed by atoms with Crippen LogP contribution in [0.1, 0.15) is 25.7 Å². The van der Waals surface area contributed by atoms with Gasteiger partial charge >= 0.3 is 12.1 Å². The van der Waals surface area contributed by atoms with Crippen molar-refractivity contribution in [1.29, 1.82) is 0 Å². The van der Waals surface area contributed by atoms with E-state index in [-0.39, 0.29) is 19.1 Å². The molecule has 2 fully saturated rings. The van der Waals surface area contributed by atoms with Crippen molar-refractivity contribution in [3.8, 4) is 0 Å². The van der Waals surface area contributed by atoms with E-state index in [1.807, 2.05) is 0 Å². The number of rotatable bonds is 1. The van der Waals surface area contributed by atoms with Crippen LogP contribution in [0, 0.1) is 0 Å². The minimum atomic E-state index is -4.73. The molecule has 98 valence electrons. The van der Waals surface area contributed by atoms with Gasteiger partial charge in [0.05, 0.1) is 0 Å². The third-order valence-electron chi connectivity index (χ3n) is 3.58. The second-order valence-electron chi connectivity index (χ2n) is 4.79. The summed E-state index contributed by atoms with van der Waals surface area (Å²) in [5.74, 6) is -1.68. The Morgan fingerprint density at radius 1 is 1.06 bits per heavy atom. The molecule has 2 heterocycles. The first-order valence-electron chi connectivity index (χ1n) is 6.08. The molecular weight excluding hydrogens is 233 g/mol. The standard InChI is InChI=1S/C11H17F3N2O/c12-11(13,14)10(17)16-7-3-4-9(8-16)15-5-1-2-6-15/h9H,1-8H2. The van der Waals surface area contributed by atoms with Crippen molar-refractivity contribution in [2.45, 2.75) is 37.9 Å². The second kappa shape index (κ2) is 4.84. The number of likely N-dealkylation sites (tertiary alicyclic amines) is 2. The Morgan fingerprint density at radius 3 is 2.29 bits per heavy atom. The van der Waals surface area contributed by atoms with Gasteiger partial charge < -0.3 is 4.90 Å². The molecular formula is C11H17F3N2O. The highest BCUT2D eigenvalue weighted by Gasteiger charge is 2.44. The van der Waals surface area contributed by atoms with Gasteiger partial charge in [0.25, 0.3) is 0 Å². The van der Waals surface area contributed by atoms with E-state index in [1.165, 1.54) is 0 Å². The number of hydrogen-bond acceptors (Lipinski definition) is 2. The number of alkyl halides is 3. The minimum absolute atomic E-state index is 0.123. The average Bonchev–Trinajstić information content (AvgIpc) is 2.80. The molecule has 6 heteroatoms. The molecule has 0 N–H and O–H groups in total. The molecule has 2 aliphatic rings. The lowest BCUT2D eigenvalue weighted by atomic mass is 10.0. The van der Waals surface area contributed by atoms with Crippen molar-refractivity contribution < 1.29 is 18.0 Å². The normalized spacial score (nSPS) is 27.5. The lowest BCUT2D eigenvalue weighted by Crippen LogP contribution is -2.52. The van der Waals surface area contributed by atoms with E-state index in [0.717, 1.165) is 37.3 Å². The summed E-state index contributed by atoms with van der Waals surface area (Å²) in [6.07, 6.45) is -0.926. The Balaban J connectivity index is 1.94. The van der Waals surface area contributed by atoms with Crippen molar-refractivity contribution in [1.82, 2.24) is 9.80 Å². The Morgan fingerprint density at radius 2 is 1.71 bits per heavy atom. The molecule has 0 aromatic carbocycles. The van der Waals surface area contributed by atoms with E-state index in [0.29, 0.717) is 6.42 Å². The highest BCUT2D eigenvalue weighted by Crippen LogP contribution is 2.24. The lowest BCUT2D eigenvalue weighted by molar-refractivity contribution is -0.187. The predicted octanol–water partition coefficient (Wildman–Crippen LogP) is 1.64. The molecule has 1 atom stereocenters. The van der Waals surface area contributed by atoms with Crippen LogP contribution in [0.15, 0.2) is 0 Å². The number of hydrogen-bond donors (Lipinski definition) is 0. The monoisotopic (exact) mass is 250 g/mol. The van der Waals surface area contributed by atoms with Gasteiger partial charge in [-0.05, 0) is 38.8 Å². The van der Waals surface area contributed by atoms with E-state index in [9.17, 15) is 18.0 Å². The number of amides is 1. The van der Waals surface area contributed by atoms with Crippen molar-refractivity contribution in [2.75, 3.05) is 26.2 Å². The first-order valence-corrected chi connectivity index (χ1v) is 6.08. The van der Waals surface area contributed by atoms with Crippen molar-refractivity contribution >= 4 is 5.91 Å². The van der Waals surface area contributed by atoms with E-state index in [4.69, 9.17) is 0 Å². The van der Waals surface area contributed by atoms with Gasteiger partial charge in [-0.3, -0.25) is 9.69 Å². The maximum absolute atomic E-state index is 12.3. The highest BCUT2D eigenvalue weighted by molar-refractivity contribution is 5.82. The molecule has 0 aliphatic carbocycles. The molecule has 2 rings (SSSR count). The molecule has 1 unspecified atom stereocenters. The van der Waals surface area contributed by atoms with Crippen LogP contribution in [0.5, 0.6) is 0 Å². The molecule has 17 heavy (non-hydrogen) atoms. The molecule has 0 aromatic heterocycles. The number of halogens is 3. The second-order valence-corrected chi connectivity index (χ2v) is 4.79. The van der Waals surface area contributed by atoms with Gasteiger partial charge in [0.1, 0.15) is 0 Å². The van der Waals surface area contributed by atoms with Gasteiger partial charge in [0.2, 0.25) is 0 Å². The zero-order valence-corrected chi connectivity index (χ0v) is 9.67. The number of carbonyl (C=O) groups excluding carboxylic acids is 1. The summed E-state index contributed by atoms with van der Waals surface area (Å²) in [6.45, 7) is 2.39. The van der Waals surface area contributed by atoms with Crippen LogP contribution in [0.25, 0.3) is 0 Å². The van der Waals surface area contributed by atoms with Gasteiger partial charge in [-0.1, -0.05) is 0 Å². The summed E-state index contributed by atoms with van der Waals surface area (Å²) in [4.78, 5) is 14.3. The van der Waals surface area contributed by atoms with Gasteiger partial charge in [-0.15, -0.1) is 0 Å². The average molecular weight is 250 g/mol. The fourth-order valence-electron chi connectivity index (χ4n) is 2.72. The fourth-order valence-corrected chi connectivity index (χ4v) is 2.72. The zero-order valence-electron chi connectivity index (χ0n) is 9.67. The van der Waals surface area contributed by atoms with Crippen LogP contribution >= 0.6 is 0 Å². The summed E-state index contributed by atoms with van der Waals surface area (Å²) in [5.41, 5.74) is 0. The smallest absolute Gasteiger partial charge is 0.333 e. The Hall–Kier alpha value is -0.780. The van der Waals surface area contributed by atoms with Crippen LogP contribution in [-0.4, -0.2) is 54.1 Å². The van der Waals surface area contributed by atoms with E-state index in [1.54, 1.807) is 0 Å². The molecule has 3 nitrogen and oxygen atoms in total. The quantitative estimate of drug-likeness (QED) is 0.706. The van der Waals surface area contributed by atoms with Gasteiger partial charge in [-0.2, -0.15) is 13.2 Å². The molecule has 2 saturated heterocycles. The Kier molecular flexibility index (Phi) is 3.61. The van der Waals surface area contributed by atoms with Crippen LogP contribution < -0.4 is 0 Å². The van der Waals surface area contributed by atoms with Crippen LogP contribution in [0.4, 0.5) is 13.2 Å². The topological polar surface area (TPSA) is 23.6 Å². The maximum atomic E-state index is 12.3. The highest BCUT2D eigenvalue weighted by atomic mass is 19.4. The Labute approximate surface area is 98.6 Å². The summed E-state index contributed by atoms with van der Waals surface area (Å²) in [5, 5.41) is 0. The van der Waals surface area contributed by atoms with E-state index < -0.39 is 12.1 Å². The molecule has 0 spiro atoms. The van der Waals surface area contributed by atoms with E-state index in [2.05, 4.69) is 4.90 Å². The largest absolute Gasteiger partial charge is 0.471 e.